The fraction of sp³-hybridized carbons (Fsp3) is 0.235. The van der Waals surface area contributed by atoms with Gasteiger partial charge in [0.2, 0.25) is 0 Å². The first kappa shape index (κ1) is 25.8. The Labute approximate surface area is 233 Å². The van der Waals surface area contributed by atoms with E-state index in [4.69, 9.17) is 4.74 Å². The molecule has 3 atom stereocenters. The van der Waals surface area contributed by atoms with E-state index in [1.807, 2.05) is 96.6 Å². The summed E-state index contributed by atoms with van der Waals surface area (Å²) in [5.74, 6) is -1.24. The summed E-state index contributed by atoms with van der Waals surface area (Å²) >= 11 is 0. The maximum Gasteiger partial charge on any atom is 0.326 e. The summed E-state index contributed by atoms with van der Waals surface area (Å²) in [6, 6.07) is 27.1. The Hall–Kier alpha value is -4.42. The van der Waals surface area contributed by atoms with E-state index < -0.39 is 17.6 Å². The number of carboxylic acids is 1. The van der Waals surface area contributed by atoms with Gasteiger partial charge in [-0.2, -0.15) is 0 Å². The number of likely N-dealkylation sites (tertiary alicyclic amines) is 1. The van der Waals surface area contributed by atoms with Crippen molar-refractivity contribution in [3.8, 4) is 0 Å². The predicted octanol–water partition coefficient (Wildman–Crippen LogP) is 5.96. The van der Waals surface area contributed by atoms with Gasteiger partial charge in [0, 0.05) is 31.1 Å². The van der Waals surface area contributed by atoms with E-state index >= 15 is 0 Å². The number of fused-ring (bicyclic) bond motifs is 1. The van der Waals surface area contributed by atoms with Crippen LogP contribution in [0.3, 0.4) is 0 Å². The van der Waals surface area contributed by atoms with Crippen LogP contribution in [-0.4, -0.2) is 45.1 Å². The third-order valence-electron chi connectivity index (χ3n) is 8.06. The molecule has 1 saturated heterocycles. The van der Waals surface area contributed by atoms with Gasteiger partial charge in [-0.25, -0.2) is 4.79 Å². The number of aromatic nitrogens is 1. The Morgan fingerprint density at radius 2 is 1.75 bits per heavy atom. The lowest BCUT2D eigenvalue weighted by Crippen LogP contribution is -2.53. The van der Waals surface area contributed by atoms with E-state index in [0.717, 1.165) is 33.2 Å². The highest BCUT2D eigenvalue weighted by Crippen LogP contribution is 2.39. The van der Waals surface area contributed by atoms with Gasteiger partial charge in [0.1, 0.15) is 11.6 Å². The molecule has 2 unspecified atom stereocenters. The fourth-order valence-electron chi connectivity index (χ4n) is 5.94. The lowest BCUT2D eigenvalue weighted by Gasteiger charge is -2.38. The van der Waals surface area contributed by atoms with Crippen LogP contribution in [-0.2, 0) is 26.5 Å². The van der Waals surface area contributed by atoms with Crippen molar-refractivity contribution in [3.05, 3.63) is 126 Å². The number of amides is 1. The monoisotopic (exact) mass is 532 g/mol. The molecule has 0 bridgehead atoms. The zero-order chi connectivity index (χ0) is 27.7. The number of aryl methyl sites for hydroxylation is 1. The Bertz CT molecular complexity index is 1600. The molecular formula is C34H32N2O4. The summed E-state index contributed by atoms with van der Waals surface area (Å²) < 4.78 is 8.13. The average Bonchev–Trinajstić information content (AvgIpc) is 3.61. The third-order valence-corrected chi connectivity index (χ3v) is 8.06. The first-order valence-corrected chi connectivity index (χ1v) is 13.7. The van der Waals surface area contributed by atoms with Crippen LogP contribution >= 0.6 is 0 Å². The highest BCUT2D eigenvalue weighted by molar-refractivity contribution is 5.95. The normalized spacial score (nSPS) is 22.4. The standard InChI is InChI=1S/C34H32N2O4/c1-24-12-13-30-28(20-24)16-19-36(30)34(17-14-27(15-18-34)26-10-6-3-7-11-26)33(39)35-22-29(21-31(35)32(37)38)40-23-25-8-4-2-5-9-25/h2-17,19-20,29,31H,18,21-23H2,1H3,(H,37,38)/t29?,31-,34?/m0/s1. The van der Waals surface area contributed by atoms with Crippen LogP contribution in [0.4, 0.5) is 0 Å². The smallest absolute Gasteiger partial charge is 0.326 e. The molecule has 1 N–H and O–H groups in total. The summed E-state index contributed by atoms with van der Waals surface area (Å²) in [7, 11) is 0. The largest absolute Gasteiger partial charge is 0.480 e. The quantitative estimate of drug-likeness (QED) is 0.319. The number of ether oxygens (including phenoxy) is 1. The van der Waals surface area contributed by atoms with Crippen molar-refractivity contribution >= 4 is 28.4 Å². The number of hydrogen-bond acceptors (Lipinski definition) is 3. The Balaban J connectivity index is 1.35. The lowest BCUT2D eigenvalue weighted by molar-refractivity contribution is -0.151. The molecule has 2 heterocycles. The van der Waals surface area contributed by atoms with E-state index in [-0.39, 0.29) is 25.0 Å². The highest BCUT2D eigenvalue weighted by Gasteiger charge is 2.49. The van der Waals surface area contributed by atoms with Gasteiger partial charge in [0.15, 0.2) is 0 Å². The van der Waals surface area contributed by atoms with Crippen molar-refractivity contribution in [3.63, 3.8) is 0 Å². The number of carboxylic acid groups (broad SMARTS) is 1. The van der Waals surface area contributed by atoms with Crippen LogP contribution in [0.2, 0.25) is 0 Å². The average molecular weight is 533 g/mol. The Morgan fingerprint density at radius 3 is 2.45 bits per heavy atom. The van der Waals surface area contributed by atoms with Gasteiger partial charge in [-0.05, 0) is 53.3 Å². The Morgan fingerprint density at radius 1 is 1.00 bits per heavy atom. The van der Waals surface area contributed by atoms with E-state index in [0.29, 0.717) is 13.0 Å². The van der Waals surface area contributed by atoms with Crippen molar-refractivity contribution in [1.82, 2.24) is 9.47 Å². The van der Waals surface area contributed by atoms with Gasteiger partial charge in [0.05, 0.1) is 12.7 Å². The van der Waals surface area contributed by atoms with E-state index in [1.54, 1.807) is 0 Å². The summed E-state index contributed by atoms with van der Waals surface area (Å²) in [4.78, 5) is 28.5. The molecule has 1 aliphatic carbocycles. The number of rotatable bonds is 7. The first-order valence-electron chi connectivity index (χ1n) is 13.7. The molecule has 0 radical (unpaired) electrons. The summed E-state index contributed by atoms with van der Waals surface area (Å²) in [5.41, 5.74) is 4.10. The molecule has 1 amide bonds. The van der Waals surface area contributed by atoms with Crippen LogP contribution in [0.5, 0.6) is 0 Å². The number of benzene rings is 3. The number of hydrogen-bond donors (Lipinski definition) is 1. The second kappa shape index (κ2) is 10.6. The molecule has 4 aromatic rings. The summed E-state index contributed by atoms with van der Waals surface area (Å²) in [6.07, 6.45) is 8.27. The second-order valence-corrected chi connectivity index (χ2v) is 10.7. The fourth-order valence-corrected chi connectivity index (χ4v) is 5.94. The van der Waals surface area contributed by atoms with Crippen LogP contribution in [0.25, 0.3) is 16.5 Å². The Kier molecular flexibility index (Phi) is 6.86. The van der Waals surface area contributed by atoms with Crippen LogP contribution in [0.15, 0.2) is 109 Å². The summed E-state index contributed by atoms with van der Waals surface area (Å²) in [6.45, 7) is 2.64. The first-order chi connectivity index (χ1) is 19.4. The molecule has 202 valence electrons. The zero-order valence-electron chi connectivity index (χ0n) is 22.4. The highest BCUT2D eigenvalue weighted by atomic mass is 16.5. The number of nitrogens with zero attached hydrogens (tertiary/aromatic N) is 2. The molecule has 6 nitrogen and oxygen atoms in total. The molecule has 1 aliphatic heterocycles. The minimum atomic E-state index is -1.10. The van der Waals surface area contributed by atoms with Crippen molar-refractivity contribution < 1.29 is 19.4 Å². The van der Waals surface area contributed by atoms with Gasteiger partial charge in [-0.15, -0.1) is 0 Å². The molecular weight excluding hydrogens is 500 g/mol. The van der Waals surface area contributed by atoms with E-state index in [2.05, 4.69) is 24.3 Å². The molecule has 6 rings (SSSR count). The SMILES string of the molecule is Cc1ccc2c(ccn2C2(C(=O)N3CC(OCc4ccccc4)C[C@H]3C(=O)O)C=CC(c3ccccc3)=CC2)c1. The minimum Gasteiger partial charge on any atom is -0.480 e. The topological polar surface area (TPSA) is 71.8 Å². The molecule has 40 heavy (non-hydrogen) atoms. The van der Waals surface area contributed by atoms with Gasteiger partial charge in [0.25, 0.3) is 5.91 Å². The van der Waals surface area contributed by atoms with Crippen LogP contribution in [0.1, 0.15) is 29.5 Å². The predicted molar refractivity (Wildman–Crippen MR) is 156 cm³/mol. The number of carbonyl (C=O) groups excluding carboxylic acids is 1. The zero-order valence-corrected chi connectivity index (χ0v) is 22.4. The molecule has 3 aromatic carbocycles. The molecule has 1 aromatic heterocycles. The van der Waals surface area contributed by atoms with E-state index in [9.17, 15) is 14.7 Å². The van der Waals surface area contributed by atoms with Crippen molar-refractivity contribution in [1.29, 1.82) is 0 Å². The van der Waals surface area contributed by atoms with Crippen LogP contribution in [0, 0.1) is 6.92 Å². The maximum atomic E-state index is 14.6. The van der Waals surface area contributed by atoms with Crippen molar-refractivity contribution in [2.45, 2.75) is 44.1 Å². The van der Waals surface area contributed by atoms with Gasteiger partial charge >= 0.3 is 5.97 Å². The minimum absolute atomic E-state index is 0.228. The lowest BCUT2D eigenvalue weighted by atomic mass is 9.84. The third kappa shape index (κ3) is 4.75. The van der Waals surface area contributed by atoms with Crippen molar-refractivity contribution in [2.24, 2.45) is 0 Å². The summed E-state index contributed by atoms with van der Waals surface area (Å²) in [5, 5.41) is 11.2. The van der Waals surface area contributed by atoms with Crippen LogP contribution < -0.4 is 0 Å². The molecule has 1 fully saturated rings. The number of carbonyl (C=O) groups is 2. The van der Waals surface area contributed by atoms with Crippen molar-refractivity contribution in [2.75, 3.05) is 6.54 Å². The second-order valence-electron chi connectivity index (χ2n) is 10.7. The maximum absolute atomic E-state index is 14.6. The van der Waals surface area contributed by atoms with Gasteiger partial charge in [-0.3, -0.25) is 4.79 Å². The molecule has 0 spiro atoms. The molecule has 6 heteroatoms. The number of allylic oxidation sites excluding steroid dienone is 3. The molecule has 2 aliphatic rings. The molecule has 0 saturated carbocycles. The van der Waals surface area contributed by atoms with E-state index in [1.165, 1.54) is 4.90 Å². The number of aliphatic carboxylic acids is 1. The van der Waals surface area contributed by atoms with Gasteiger partial charge in [-0.1, -0.05) is 84.4 Å². The van der Waals surface area contributed by atoms with Gasteiger partial charge < -0.3 is 19.3 Å².